The number of alkyl halides is 2. The standard InChI is InChI=1S/C19H27Cl2N3O2/c1-12(8-19(25)26)7-18-22-15-10-16(13(2)9-17(15)23(18)4)24(6-5-20)11-14(3)21/h9-10,12,14H,5-8,11H2,1-4H3,(H,25,26). The van der Waals surface area contributed by atoms with Gasteiger partial charge < -0.3 is 14.6 Å². The maximum absolute atomic E-state index is 10.9. The Morgan fingerprint density at radius 1 is 1.38 bits per heavy atom. The van der Waals surface area contributed by atoms with Gasteiger partial charge in [0.05, 0.1) is 11.0 Å². The molecule has 0 spiro atoms. The third kappa shape index (κ3) is 5.04. The quantitative estimate of drug-likeness (QED) is 0.641. The van der Waals surface area contributed by atoms with Crippen molar-refractivity contribution >= 4 is 45.9 Å². The van der Waals surface area contributed by atoms with Gasteiger partial charge in [0.1, 0.15) is 5.82 Å². The predicted molar refractivity (Wildman–Crippen MR) is 109 cm³/mol. The summed E-state index contributed by atoms with van der Waals surface area (Å²) in [7, 11) is 1.98. The highest BCUT2D eigenvalue weighted by atomic mass is 35.5. The number of nitrogens with zero attached hydrogens (tertiary/aromatic N) is 3. The molecule has 0 saturated heterocycles. The Morgan fingerprint density at radius 2 is 2.08 bits per heavy atom. The lowest BCUT2D eigenvalue weighted by Crippen LogP contribution is -2.31. The fraction of sp³-hybridized carbons (Fsp3) is 0.579. The fourth-order valence-electron chi connectivity index (χ4n) is 3.30. The van der Waals surface area contributed by atoms with E-state index >= 15 is 0 Å². The van der Waals surface area contributed by atoms with Gasteiger partial charge in [-0.3, -0.25) is 4.79 Å². The number of aliphatic carboxylic acids is 1. The topological polar surface area (TPSA) is 58.4 Å². The van der Waals surface area contributed by atoms with Gasteiger partial charge in [0, 0.05) is 49.9 Å². The number of halogens is 2. The summed E-state index contributed by atoms with van der Waals surface area (Å²) in [6.45, 7) is 7.43. The highest BCUT2D eigenvalue weighted by Gasteiger charge is 2.17. The Balaban J connectivity index is 2.38. The van der Waals surface area contributed by atoms with Crippen LogP contribution in [0.4, 0.5) is 5.69 Å². The van der Waals surface area contributed by atoms with Crippen molar-refractivity contribution in [2.24, 2.45) is 13.0 Å². The van der Waals surface area contributed by atoms with Gasteiger partial charge in [0.25, 0.3) is 0 Å². The van der Waals surface area contributed by atoms with E-state index in [0.717, 1.165) is 41.2 Å². The third-order valence-corrected chi connectivity index (χ3v) is 4.82. The molecule has 0 saturated carbocycles. The molecule has 144 valence electrons. The molecule has 2 unspecified atom stereocenters. The first-order chi connectivity index (χ1) is 12.2. The summed E-state index contributed by atoms with van der Waals surface area (Å²) in [5, 5.41) is 8.99. The number of benzene rings is 1. The average Bonchev–Trinajstić information content (AvgIpc) is 2.81. The molecule has 0 bridgehead atoms. The molecule has 26 heavy (non-hydrogen) atoms. The molecule has 0 aliphatic rings. The van der Waals surface area contributed by atoms with Crippen LogP contribution in [0.25, 0.3) is 11.0 Å². The lowest BCUT2D eigenvalue weighted by Gasteiger charge is -2.26. The molecule has 0 amide bonds. The van der Waals surface area contributed by atoms with Gasteiger partial charge in [-0.1, -0.05) is 6.92 Å². The first-order valence-corrected chi connectivity index (χ1v) is 9.82. The summed E-state index contributed by atoms with van der Waals surface area (Å²) in [4.78, 5) is 17.9. The molecule has 0 aliphatic carbocycles. The molecular formula is C19H27Cl2N3O2. The van der Waals surface area contributed by atoms with Gasteiger partial charge in [-0.25, -0.2) is 4.98 Å². The van der Waals surface area contributed by atoms with Gasteiger partial charge in [-0.15, -0.1) is 23.2 Å². The molecule has 1 N–H and O–H groups in total. The molecule has 0 fully saturated rings. The molecule has 2 rings (SSSR count). The highest BCUT2D eigenvalue weighted by Crippen LogP contribution is 2.28. The summed E-state index contributed by atoms with van der Waals surface area (Å²) >= 11 is 12.2. The van der Waals surface area contributed by atoms with E-state index in [0.29, 0.717) is 12.3 Å². The summed E-state index contributed by atoms with van der Waals surface area (Å²) in [5.41, 5.74) is 4.20. The van der Waals surface area contributed by atoms with Crippen molar-refractivity contribution in [2.45, 2.75) is 39.0 Å². The van der Waals surface area contributed by atoms with Crippen LogP contribution >= 0.6 is 23.2 Å². The number of aromatic nitrogens is 2. The maximum Gasteiger partial charge on any atom is 0.303 e. The summed E-state index contributed by atoms with van der Waals surface area (Å²) in [5.74, 6) is 0.691. The molecule has 7 heteroatoms. The number of hydrogen-bond acceptors (Lipinski definition) is 3. The number of fused-ring (bicyclic) bond motifs is 1. The lowest BCUT2D eigenvalue weighted by molar-refractivity contribution is -0.137. The van der Waals surface area contributed by atoms with Crippen molar-refractivity contribution < 1.29 is 9.90 Å². The molecule has 1 heterocycles. The van der Waals surface area contributed by atoms with Crippen molar-refractivity contribution in [3.05, 3.63) is 23.5 Å². The molecule has 2 atom stereocenters. The van der Waals surface area contributed by atoms with Gasteiger partial charge in [0.15, 0.2) is 0 Å². The number of hydrogen-bond donors (Lipinski definition) is 1. The van der Waals surface area contributed by atoms with Crippen molar-refractivity contribution in [3.8, 4) is 0 Å². The number of carboxylic acids is 1. The Morgan fingerprint density at radius 3 is 2.65 bits per heavy atom. The second-order valence-electron chi connectivity index (χ2n) is 7.04. The molecule has 2 aromatic rings. The minimum absolute atomic E-state index is 0.0180. The van der Waals surface area contributed by atoms with Crippen LogP contribution in [0.15, 0.2) is 12.1 Å². The van der Waals surface area contributed by atoms with E-state index in [1.54, 1.807) is 0 Å². The third-order valence-electron chi connectivity index (χ3n) is 4.51. The monoisotopic (exact) mass is 399 g/mol. The minimum atomic E-state index is -0.777. The van der Waals surface area contributed by atoms with Crippen LogP contribution in [-0.2, 0) is 18.3 Å². The Labute approximate surface area is 164 Å². The van der Waals surface area contributed by atoms with E-state index in [4.69, 9.17) is 33.3 Å². The van der Waals surface area contributed by atoms with Gasteiger partial charge in [-0.2, -0.15) is 0 Å². The van der Waals surface area contributed by atoms with E-state index in [-0.39, 0.29) is 17.7 Å². The van der Waals surface area contributed by atoms with Gasteiger partial charge in [0.2, 0.25) is 0 Å². The zero-order valence-electron chi connectivity index (χ0n) is 15.8. The van der Waals surface area contributed by atoms with Crippen molar-refractivity contribution in [1.29, 1.82) is 0 Å². The van der Waals surface area contributed by atoms with Crippen LogP contribution in [-0.4, -0.2) is 45.0 Å². The van der Waals surface area contributed by atoms with E-state index in [1.165, 1.54) is 0 Å². The highest BCUT2D eigenvalue weighted by molar-refractivity contribution is 6.20. The number of aryl methyl sites for hydroxylation is 2. The Bertz CT molecular complexity index is 774. The normalized spacial score (nSPS) is 13.8. The number of carbonyl (C=O) groups is 1. The maximum atomic E-state index is 10.9. The van der Waals surface area contributed by atoms with Gasteiger partial charge >= 0.3 is 5.97 Å². The van der Waals surface area contributed by atoms with Crippen molar-refractivity contribution in [1.82, 2.24) is 9.55 Å². The minimum Gasteiger partial charge on any atom is -0.481 e. The largest absolute Gasteiger partial charge is 0.481 e. The van der Waals surface area contributed by atoms with Crippen LogP contribution in [0.2, 0.25) is 0 Å². The lowest BCUT2D eigenvalue weighted by atomic mass is 10.0. The van der Waals surface area contributed by atoms with Crippen LogP contribution in [0.1, 0.15) is 31.7 Å². The number of anilines is 1. The molecule has 1 aromatic heterocycles. The van der Waals surface area contributed by atoms with E-state index in [1.807, 2.05) is 20.9 Å². The van der Waals surface area contributed by atoms with Crippen LogP contribution in [0, 0.1) is 12.8 Å². The van der Waals surface area contributed by atoms with Crippen molar-refractivity contribution in [3.63, 3.8) is 0 Å². The second kappa shape index (κ2) is 8.96. The number of carboxylic acid groups (broad SMARTS) is 1. The number of rotatable bonds is 9. The average molecular weight is 400 g/mol. The molecule has 5 nitrogen and oxygen atoms in total. The van der Waals surface area contributed by atoms with E-state index < -0.39 is 5.97 Å². The van der Waals surface area contributed by atoms with E-state index in [9.17, 15) is 4.79 Å². The summed E-state index contributed by atoms with van der Waals surface area (Å²) in [6.07, 6.45) is 0.778. The van der Waals surface area contributed by atoms with Crippen LogP contribution < -0.4 is 4.90 Å². The first-order valence-electron chi connectivity index (χ1n) is 8.85. The predicted octanol–water partition coefficient (Wildman–Crippen LogP) is 4.21. The number of imidazole rings is 1. The Kier molecular flexibility index (Phi) is 7.18. The SMILES string of the molecule is Cc1cc2c(cc1N(CCCl)CC(C)Cl)nc(CC(C)CC(=O)O)n2C. The van der Waals surface area contributed by atoms with Gasteiger partial charge in [-0.05, 0) is 37.5 Å². The first kappa shape index (κ1) is 20.8. The zero-order chi connectivity index (χ0) is 19.4. The molecule has 0 aliphatic heterocycles. The fourth-order valence-corrected chi connectivity index (χ4v) is 3.67. The summed E-state index contributed by atoms with van der Waals surface area (Å²) < 4.78 is 2.06. The van der Waals surface area contributed by atoms with Crippen LogP contribution in [0.3, 0.4) is 0 Å². The zero-order valence-corrected chi connectivity index (χ0v) is 17.3. The van der Waals surface area contributed by atoms with Crippen molar-refractivity contribution in [2.75, 3.05) is 23.9 Å². The van der Waals surface area contributed by atoms with Crippen LogP contribution in [0.5, 0.6) is 0 Å². The van der Waals surface area contributed by atoms with E-state index in [2.05, 4.69) is 28.5 Å². The molecular weight excluding hydrogens is 373 g/mol. The molecule has 0 radical (unpaired) electrons. The molecule has 1 aromatic carbocycles. The second-order valence-corrected chi connectivity index (χ2v) is 8.16. The Hall–Kier alpha value is -1.46. The smallest absolute Gasteiger partial charge is 0.303 e. The summed E-state index contributed by atoms with van der Waals surface area (Å²) in [6, 6.07) is 4.21.